The van der Waals surface area contributed by atoms with Gasteiger partial charge >= 0.3 is 0 Å². The topological polar surface area (TPSA) is 76.1 Å². The SMILES string of the molecule is CCCCCN1C(=O)C(=O)/C(=C(/O)c2ccc(OC)c(OC)c2)C1c1ccccc1F. The standard InChI is InChI=1S/C24H26FNO5/c1-4-5-8-13-26-21(16-9-6-7-10-17(16)25)20(23(28)24(26)29)22(27)15-11-12-18(30-2)19(14-15)31-3/h6-7,9-12,14,21,27H,4-5,8,13H2,1-3H3/b22-20+. The Labute approximate surface area is 180 Å². The first-order valence-corrected chi connectivity index (χ1v) is 10.2. The highest BCUT2D eigenvalue weighted by Crippen LogP contribution is 2.41. The molecule has 3 rings (SSSR count). The van der Waals surface area contributed by atoms with Crippen molar-refractivity contribution in [3.05, 3.63) is 65.0 Å². The van der Waals surface area contributed by atoms with Crippen molar-refractivity contribution >= 4 is 17.4 Å². The molecule has 1 fully saturated rings. The molecule has 1 saturated heterocycles. The number of aliphatic hydroxyl groups excluding tert-OH is 1. The second-order valence-electron chi connectivity index (χ2n) is 7.29. The van der Waals surface area contributed by atoms with Gasteiger partial charge in [0, 0.05) is 17.7 Å². The van der Waals surface area contributed by atoms with Crippen LogP contribution in [0, 0.1) is 5.82 Å². The smallest absolute Gasteiger partial charge is 0.295 e. The van der Waals surface area contributed by atoms with Gasteiger partial charge in [-0.25, -0.2) is 4.39 Å². The molecule has 1 unspecified atom stereocenters. The number of benzene rings is 2. The number of carbonyl (C=O) groups is 2. The summed E-state index contributed by atoms with van der Waals surface area (Å²) in [5.74, 6) is -1.71. The zero-order chi connectivity index (χ0) is 22.5. The molecule has 0 aromatic heterocycles. The Hall–Kier alpha value is -3.35. The van der Waals surface area contributed by atoms with Gasteiger partial charge in [-0.1, -0.05) is 38.0 Å². The lowest BCUT2D eigenvalue weighted by atomic mass is 9.94. The van der Waals surface area contributed by atoms with Crippen LogP contribution in [-0.2, 0) is 9.59 Å². The fourth-order valence-electron chi connectivity index (χ4n) is 3.80. The second-order valence-corrected chi connectivity index (χ2v) is 7.29. The number of rotatable bonds is 8. The average molecular weight is 427 g/mol. The van der Waals surface area contributed by atoms with E-state index in [0.717, 1.165) is 12.8 Å². The third kappa shape index (κ3) is 4.26. The fourth-order valence-corrected chi connectivity index (χ4v) is 3.80. The third-order valence-corrected chi connectivity index (χ3v) is 5.40. The Morgan fingerprint density at radius 2 is 1.77 bits per heavy atom. The minimum atomic E-state index is -1.01. The Kier molecular flexibility index (Phi) is 6.95. The number of amides is 1. The van der Waals surface area contributed by atoms with Crippen LogP contribution >= 0.6 is 0 Å². The van der Waals surface area contributed by atoms with Crippen LogP contribution in [-0.4, -0.2) is 42.5 Å². The second kappa shape index (κ2) is 9.64. The monoisotopic (exact) mass is 427 g/mol. The molecule has 0 aliphatic carbocycles. The number of hydrogen-bond acceptors (Lipinski definition) is 5. The first-order valence-electron chi connectivity index (χ1n) is 10.2. The number of ether oxygens (including phenoxy) is 2. The average Bonchev–Trinajstić information content (AvgIpc) is 3.03. The highest BCUT2D eigenvalue weighted by atomic mass is 19.1. The molecule has 0 radical (unpaired) electrons. The minimum absolute atomic E-state index is 0.140. The summed E-state index contributed by atoms with van der Waals surface area (Å²) >= 11 is 0. The van der Waals surface area contributed by atoms with E-state index in [2.05, 4.69) is 0 Å². The summed E-state index contributed by atoms with van der Waals surface area (Å²) in [7, 11) is 2.94. The van der Waals surface area contributed by atoms with E-state index in [1.165, 1.54) is 43.4 Å². The quantitative estimate of drug-likeness (QED) is 0.291. The van der Waals surface area contributed by atoms with Crippen LogP contribution in [0.1, 0.15) is 43.4 Å². The number of ketones is 1. The number of likely N-dealkylation sites (tertiary alicyclic amines) is 1. The maximum absolute atomic E-state index is 14.7. The maximum atomic E-state index is 14.7. The largest absolute Gasteiger partial charge is 0.507 e. The molecule has 1 aliphatic heterocycles. The van der Waals surface area contributed by atoms with Crippen LogP contribution in [0.2, 0.25) is 0 Å². The lowest BCUT2D eigenvalue weighted by Gasteiger charge is -2.25. The number of aliphatic hydroxyl groups is 1. The minimum Gasteiger partial charge on any atom is -0.507 e. The van der Waals surface area contributed by atoms with Gasteiger partial charge in [0.1, 0.15) is 11.6 Å². The van der Waals surface area contributed by atoms with Gasteiger partial charge in [-0.05, 0) is 30.7 Å². The predicted molar refractivity (Wildman–Crippen MR) is 114 cm³/mol. The summed E-state index contributed by atoms with van der Waals surface area (Å²) in [6, 6.07) is 9.63. The number of methoxy groups -OCH3 is 2. The van der Waals surface area contributed by atoms with Crippen molar-refractivity contribution in [1.82, 2.24) is 4.90 Å². The number of unbranched alkanes of at least 4 members (excludes halogenated alkanes) is 2. The first-order chi connectivity index (χ1) is 14.9. The number of nitrogens with zero attached hydrogens (tertiary/aromatic N) is 1. The van der Waals surface area contributed by atoms with Crippen molar-refractivity contribution in [1.29, 1.82) is 0 Å². The Morgan fingerprint density at radius 3 is 2.42 bits per heavy atom. The van der Waals surface area contributed by atoms with E-state index in [9.17, 15) is 19.1 Å². The summed E-state index contributed by atoms with van der Waals surface area (Å²) < 4.78 is 25.2. The van der Waals surface area contributed by atoms with Crippen LogP contribution in [0.4, 0.5) is 4.39 Å². The van der Waals surface area contributed by atoms with Gasteiger partial charge in [-0.3, -0.25) is 9.59 Å². The van der Waals surface area contributed by atoms with Crippen molar-refractivity contribution in [2.75, 3.05) is 20.8 Å². The molecule has 2 aromatic carbocycles. The molecule has 1 N–H and O–H groups in total. The summed E-state index contributed by atoms with van der Waals surface area (Å²) in [4.78, 5) is 27.1. The third-order valence-electron chi connectivity index (χ3n) is 5.40. The Morgan fingerprint density at radius 1 is 1.06 bits per heavy atom. The molecule has 7 heteroatoms. The van der Waals surface area contributed by atoms with Gasteiger partial charge in [0.15, 0.2) is 11.5 Å². The molecule has 0 bridgehead atoms. The molecule has 2 aromatic rings. The van der Waals surface area contributed by atoms with Gasteiger partial charge in [0.2, 0.25) is 0 Å². The normalized spacial score (nSPS) is 17.8. The van der Waals surface area contributed by atoms with Crippen molar-refractivity contribution < 1.29 is 28.6 Å². The van der Waals surface area contributed by atoms with Crippen LogP contribution in [0.15, 0.2) is 48.0 Å². The van der Waals surface area contributed by atoms with E-state index in [1.807, 2.05) is 6.92 Å². The van der Waals surface area contributed by atoms with Crippen LogP contribution in [0.5, 0.6) is 11.5 Å². The molecular formula is C24H26FNO5. The zero-order valence-corrected chi connectivity index (χ0v) is 17.9. The number of Topliss-reactive ketones (excluding diaryl/α,β-unsaturated/α-hetero) is 1. The molecule has 164 valence electrons. The molecular weight excluding hydrogens is 401 g/mol. The molecule has 1 aliphatic rings. The van der Waals surface area contributed by atoms with Crippen molar-refractivity contribution in [2.24, 2.45) is 0 Å². The van der Waals surface area contributed by atoms with E-state index in [4.69, 9.17) is 9.47 Å². The molecule has 0 spiro atoms. The van der Waals surface area contributed by atoms with Crippen LogP contribution < -0.4 is 9.47 Å². The lowest BCUT2D eigenvalue weighted by molar-refractivity contribution is -0.139. The highest BCUT2D eigenvalue weighted by Gasteiger charge is 2.46. The Balaban J connectivity index is 2.16. The van der Waals surface area contributed by atoms with E-state index in [1.54, 1.807) is 18.2 Å². The summed E-state index contributed by atoms with van der Waals surface area (Å²) in [6.45, 7) is 2.32. The van der Waals surface area contributed by atoms with E-state index in [-0.39, 0.29) is 22.5 Å². The van der Waals surface area contributed by atoms with Gasteiger partial charge in [0.05, 0.1) is 25.8 Å². The number of hydrogen-bond donors (Lipinski definition) is 1. The summed E-state index contributed by atoms with van der Waals surface area (Å²) in [5.41, 5.74) is 0.296. The van der Waals surface area contributed by atoms with E-state index in [0.29, 0.717) is 24.5 Å². The summed E-state index contributed by atoms with van der Waals surface area (Å²) in [6.07, 6.45) is 2.47. The maximum Gasteiger partial charge on any atom is 0.295 e. The Bertz CT molecular complexity index is 1020. The lowest BCUT2D eigenvalue weighted by Crippen LogP contribution is -2.31. The van der Waals surface area contributed by atoms with E-state index >= 15 is 0 Å². The molecule has 1 heterocycles. The molecule has 0 saturated carbocycles. The van der Waals surface area contributed by atoms with Gasteiger partial charge in [-0.15, -0.1) is 0 Å². The van der Waals surface area contributed by atoms with Crippen molar-refractivity contribution in [3.8, 4) is 11.5 Å². The molecule has 1 atom stereocenters. The predicted octanol–water partition coefficient (Wildman–Crippen LogP) is 4.45. The van der Waals surface area contributed by atoms with Gasteiger partial charge in [-0.2, -0.15) is 0 Å². The van der Waals surface area contributed by atoms with E-state index < -0.39 is 23.5 Å². The van der Waals surface area contributed by atoms with Crippen LogP contribution in [0.3, 0.4) is 0 Å². The highest BCUT2D eigenvalue weighted by molar-refractivity contribution is 6.46. The first kappa shape index (κ1) is 22.3. The number of carbonyl (C=O) groups excluding carboxylic acids is 2. The zero-order valence-electron chi connectivity index (χ0n) is 17.9. The molecule has 1 amide bonds. The van der Waals surface area contributed by atoms with Crippen molar-refractivity contribution in [3.63, 3.8) is 0 Å². The van der Waals surface area contributed by atoms with Gasteiger partial charge < -0.3 is 19.5 Å². The van der Waals surface area contributed by atoms with Crippen molar-refractivity contribution in [2.45, 2.75) is 32.2 Å². The van der Waals surface area contributed by atoms with Crippen LogP contribution in [0.25, 0.3) is 5.76 Å². The molecule has 6 nitrogen and oxygen atoms in total. The summed E-state index contributed by atoms with van der Waals surface area (Å²) in [5, 5.41) is 11.1. The fraction of sp³-hybridized carbons (Fsp3) is 0.333. The van der Waals surface area contributed by atoms with Gasteiger partial charge in [0.25, 0.3) is 11.7 Å². The molecule has 31 heavy (non-hydrogen) atoms. The number of halogens is 1.